The highest BCUT2D eigenvalue weighted by Crippen LogP contribution is 2.26. The second kappa shape index (κ2) is 8.54. The number of nitrogens with zero attached hydrogens (tertiary/aromatic N) is 3. The Morgan fingerprint density at radius 3 is 2.74 bits per heavy atom. The van der Waals surface area contributed by atoms with E-state index in [1.807, 2.05) is 51.1 Å². The molecule has 0 N–H and O–H groups in total. The van der Waals surface area contributed by atoms with Gasteiger partial charge in [0, 0.05) is 36.2 Å². The number of ketones is 1. The van der Waals surface area contributed by atoms with Crippen LogP contribution in [0.1, 0.15) is 27.3 Å². The van der Waals surface area contributed by atoms with Gasteiger partial charge in [-0.1, -0.05) is 30.0 Å². The lowest BCUT2D eigenvalue weighted by atomic mass is 10.1. The molecule has 0 fully saturated rings. The van der Waals surface area contributed by atoms with Crippen LogP contribution in [0.5, 0.6) is 0 Å². The number of aryl methyl sites for hydroxylation is 2. The molecule has 0 amide bonds. The number of carbonyl (C=O) groups is 1. The topological polar surface area (TPSA) is 70.2 Å². The van der Waals surface area contributed by atoms with Crippen molar-refractivity contribution in [1.29, 1.82) is 0 Å². The van der Waals surface area contributed by atoms with Crippen molar-refractivity contribution in [1.82, 2.24) is 14.8 Å². The fraction of sp³-hybridized carbons (Fsp3) is 0.350. The lowest BCUT2D eigenvalue weighted by Crippen LogP contribution is -2.09. The zero-order chi connectivity index (χ0) is 19.4. The molecule has 2 heterocycles. The predicted octanol–water partition coefficient (Wildman–Crippen LogP) is 4.08. The minimum atomic E-state index is 0.0485. The highest BCUT2D eigenvalue weighted by molar-refractivity contribution is 7.99. The van der Waals surface area contributed by atoms with Gasteiger partial charge in [-0.3, -0.25) is 4.79 Å². The molecule has 142 valence electrons. The van der Waals surface area contributed by atoms with Gasteiger partial charge < -0.3 is 13.7 Å². The lowest BCUT2D eigenvalue weighted by Gasteiger charge is -2.08. The Bertz CT molecular complexity index is 946. The van der Waals surface area contributed by atoms with Crippen LogP contribution in [0, 0.1) is 20.8 Å². The van der Waals surface area contributed by atoms with E-state index in [-0.39, 0.29) is 11.5 Å². The Morgan fingerprint density at radius 2 is 2.00 bits per heavy atom. The number of hydrogen-bond donors (Lipinski definition) is 0. The Morgan fingerprint density at radius 1 is 1.22 bits per heavy atom. The number of rotatable bonds is 8. The van der Waals surface area contributed by atoms with Crippen molar-refractivity contribution in [2.75, 3.05) is 19.5 Å². The molecule has 0 aliphatic carbocycles. The highest BCUT2D eigenvalue weighted by Gasteiger charge is 2.18. The van der Waals surface area contributed by atoms with Gasteiger partial charge in [-0.25, -0.2) is 0 Å². The Labute approximate surface area is 162 Å². The van der Waals surface area contributed by atoms with E-state index < -0.39 is 0 Å². The maximum atomic E-state index is 12.7. The summed E-state index contributed by atoms with van der Waals surface area (Å²) in [5.74, 6) is 0.775. The molecule has 7 heteroatoms. The van der Waals surface area contributed by atoms with Gasteiger partial charge in [-0.15, -0.1) is 10.2 Å². The zero-order valence-electron chi connectivity index (χ0n) is 16.0. The zero-order valence-corrected chi connectivity index (χ0v) is 16.8. The summed E-state index contributed by atoms with van der Waals surface area (Å²) in [4.78, 5) is 12.7. The first kappa shape index (κ1) is 19.4. The molecule has 27 heavy (non-hydrogen) atoms. The number of Topliss-reactive ketones (excluding diaryl/α,β-unsaturated/α-hetero) is 1. The Kier molecular flexibility index (Phi) is 6.13. The summed E-state index contributed by atoms with van der Waals surface area (Å²) in [6.45, 7) is 7.30. The van der Waals surface area contributed by atoms with Crippen molar-refractivity contribution in [2.24, 2.45) is 0 Å². The molecule has 0 bridgehead atoms. The van der Waals surface area contributed by atoms with Crippen LogP contribution in [0.25, 0.3) is 11.5 Å². The van der Waals surface area contributed by atoms with Crippen molar-refractivity contribution in [3.63, 3.8) is 0 Å². The van der Waals surface area contributed by atoms with Crippen LogP contribution in [0.3, 0.4) is 0 Å². The van der Waals surface area contributed by atoms with Crippen LogP contribution >= 0.6 is 11.8 Å². The number of thioether (sulfide) groups is 1. The summed E-state index contributed by atoms with van der Waals surface area (Å²) >= 11 is 1.26. The molecule has 0 saturated carbocycles. The molecule has 1 aromatic carbocycles. The summed E-state index contributed by atoms with van der Waals surface area (Å²) in [5.41, 5.74) is 4.72. The molecule has 3 aromatic rings. The number of aromatic nitrogens is 3. The third-order valence-corrected chi connectivity index (χ3v) is 5.32. The molecular weight excluding hydrogens is 362 g/mol. The lowest BCUT2D eigenvalue weighted by molar-refractivity contribution is 0.102. The molecule has 0 spiro atoms. The highest BCUT2D eigenvalue weighted by atomic mass is 32.2. The van der Waals surface area contributed by atoms with Gasteiger partial charge in [0.25, 0.3) is 5.22 Å². The standard InChI is InChI=1S/C20H23N3O3S/c1-13-7-5-6-8-16(13)19-21-22-20(26-19)27-12-18(24)17-11-14(2)23(15(17)3)9-10-25-4/h5-8,11H,9-10,12H2,1-4H3. The fourth-order valence-corrected chi connectivity index (χ4v) is 3.65. The molecule has 0 atom stereocenters. The van der Waals surface area contributed by atoms with Crippen LogP contribution in [0.4, 0.5) is 0 Å². The number of methoxy groups -OCH3 is 1. The minimum absolute atomic E-state index is 0.0485. The third kappa shape index (κ3) is 4.31. The molecule has 6 nitrogen and oxygen atoms in total. The van der Waals surface area contributed by atoms with E-state index in [4.69, 9.17) is 9.15 Å². The van der Waals surface area contributed by atoms with Gasteiger partial charge in [0.15, 0.2) is 5.78 Å². The summed E-state index contributed by atoms with van der Waals surface area (Å²) < 4.78 is 13.0. The van der Waals surface area contributed by atoms with Gasteiger partial charge in [-0.2, -0.15) is 0 Å². The number of benzene rings is 1. The van der Waals surface area contributed by atoms with Crippen molar-refractivity contribution < 1.29 is 13.9 Å². The number of carbonyl (C=O) groups excluding carboxylic acids is 1. The molecule has 3 rings (SSSR count). The smallest absolute Gasteiger partial charge is 0.277 e. The van der Waals surface area contributed by atoms with E-state index in [0.717, 1.165) is 34.6 Å². The van der Waals surface area contributed by atoms with E-state index >= 15 is 0 Å². The Hall–Kier alpha value is -2.38. The molecular formula is C20H23N3O3S. The van der Waals surface area contributed by atoms with Crippen molar-refractivity contribution in [2.45, 2.75) is 32.5 Å². The van der Waals surface area contributed by atoms with E-state index in [9.17, 15) is 4.79 Å². The third-order valence-electron chi connectivity index (χ3n) is 4.50. The van der Waals surface area contributed by atoms with Gasteiger partial charge in [0.1, 0.15) is 0 Å². The van der Waals surface area contributed by atoms with Gasteiger partial charge in [0.2, 0.25) is 5.89 Å². The van der Waals surface area contributed by atoms with Crippen LogP contribution in [-0.4, -0.2) is 40.0 Å². The monoisotopic (exact) mass is 385 g/mol. The Balaban J connectivity index is 1.67. The second-order valence-corrected chi connectivity index (χ2v) is 7.26. The first-order valence-electron chi connectivity index (χ1n) is 8.72. The van der Waals surface area contributed by atoms with Gasteiger partial charge >= 0.3 is 0 Å². The average molecular weight is 385 g/mol. The van der Waals surface area contributed by atoms with Crippen molar-refractivity contribution in [3.8, 4) is 11.5 Å². The second-order valence-electron chi connectivity index (χ2n) is 6.33. The predicted molar refractivity (Wildman–Crippen MR) is 105 cm³/mol. The van der Waals surface area contributed by atoms with E-state index in [1.165, 1.54) is 11.8 Å². The van der Waals surface area contributed by atoms with Gasteiger partial charge in [-0.05, 0) is 38.5 Å². The average Bonchev–Trinajstić information content (AvgIpc) is 3.23. The summed E-state index contributed by atoms with van der Waals surface area (Å²) in [7, 11) is 1.67. The number of hydrogen-bond acceptors (Lipinski definition) is 6. The maximum absolute atomic E-state index is 12.7. The first-order chi connectivity index (χ1) is 13.0. The SMILES string of the molecule is COCCn1c(C)cc(C(=O)CSc2nnc(-c3ccccc3C)o2)c1C. The normalized spacial score (nSPS) is 11.1. The maximum Gasteiger partial charge on any atom is 0.277 e. The van der Waals surface area contributed by atoms with Crippen LogP contribution in [-0.2, 0) is 11.3 Å². The molecule has 0 radical (unpaired) electrons. The quantitative estimate of drug-likeness (QED) is 0.430. The molecule has 0 unspecified atom stereocenters. The van der Waals surface area contributed by atoms with Crippen LogP contribution in [0.15, 0.2) is 40.0 Å². The van der Waals surface area contributed by atoms with E-state index in [1.54, 1.807) is 7.11 Å². The molecule has 2 aromatic heterocycles. The summed E-state index contributed by atoms with van der Waals surface area (Å²) in [6, 6.07) is 9.77. The number of ether oxygens (including phenoxy) is 1. The summed E-state index contributed by atoms with van der Waals surface area (Å²) in [6.07, 6.45) is 0. The molecule has 0 aliphatic heterocycles. The van der Waals surface area contributed by atoms with Crippen molar-refractivity contribution >= 4 is 17.5 Å². The van der Waals surface area contributed by atoms with Gasteiger partial charge in [0.05, 0.1) is 12.4 Å². The van der Waals surface area contributed by atoms with E-state index in [0.29, 0.717) is 17.7 Å². The minimum Gasteiger partial charge on any atom is -0.411 e. The van der Waals surface area contributed by atoms with Crippen molar-refractivity contribution in [3.05, 3.63) is 52.8 Å². The van der Waals surface area contributed by atoms with Crippen LogP contribution < -0.4 is 0 Å². The molecule has 0 aliphatic rings. The summed E-state index contributed by atoms with van der Waals surface area (Å²) in [5, 5.41) is 8.56. The molecule has 0 saturated heterocycles. The van der Waals surface area contributed by atoms with E-state index in [2.05, 4.69) is 14.8 Å². The fourth-order valence-electron chi connectivity index (χ4n) is 3.00. The first-order valence-corrected chi connectivity index (χ1v) is 9.71. The largest absolute Gasteiger partial charge is 0.411 e. The van der Waals surface area contributed by atoms with Crippen LogP contribution in [0.2, 0.25) is 0 Å².